The van der Waals surface area contributed by atoms with E-state index >= 15 is 0 Å². The Hall–Kier alpha value is -3.02. The van der Waals surface area contributed by atoms with Crippen molar-refractivity contribution >= 4 is 11.9 Å². The largest absolute Gasteiger partial charge is 0.494 e. The number of esters is 1. The van der Waals surface area contributed by atoms with E-state index in [0.29, 0.717) is 31.1 Å². The Kier molecular flexibility index (Phi) is 7.67. The van der Waals surface area contributed by atoms with Gasteiger partial charge >= 0.3 is 5.97 Å². The molecule has 0 radical (unpaired) electrons. The zero-order valence-corrected chi connectivity index (χ0v) is 15.9. The first kappa shape index (κ1) is 20.3. The zero-order valence-electron chi connectivity index (χ0n) is 15.9. The van der Waals surface area contributed by atoms with Gasteiger partial charge < -0.3 is 19.5 Å². The lowest BCUT2D eigenvalue weighted by Gasteiger charge is -2.10. The molecule has 0 unspecified atom stereocenters. The van der Waals surface area contributed by atoms with Crippen LogP contribution in [-0.2, 0) is 9.53 Å². The normalized spacial score (nSPS) is 10.2. The van der Waals surface area contributed by atoms with Crippen LogP contribution in [0.4, 0.5) is 0 Å². The second kappa shape index (κ2) is 10.2. The standard InChI is InChI=1S/C21H25NO5/c1-4-25-17-6-8-18(9-7-17)26-12-11-22-20(23)14-27-21(24)19-10-5-15(2)13-16(19)3/h5-10,13H,4,11-12,14H2,1-3H3,(H,22,23). The van der Waals surface area contributed by atoms with Gasteiger partial charge in [0.05, 0.1) is 18.7 Å². The molecule has 1 N–H and O–H groups in total. The Morgan fingerprint density at radius 1 is 0.963 bits per heavy atom. The summed E-state index contributed by atoms with van der Waals surface area (Å²) < 4.78 is 15.9. The second-order valence-electron chi connectivity index (χ2n) is 6.00. The number of rotatable bonds is 9. The lowest BCUT2D eigenvalue weighted by Crippen LogP contribution is -2.32. The van der Waals surface area contributed by atoms with Gasteiger partial charge in [-0.25, -0.2) is 4.79 Å². The molecule has 0 aliphatic heterocycles. The van der Waals surface area contributed by atoms with E-state index in [-0.39, 0.29) is 12.5 Å². The molecule has 0 aromatic heterocycles. The van der Waals surface area contributed by atoms with Gasteiger partial charge in [0.2, 0.25) is 0 Å². The van der Waals surface area contributed by atoms with E-state index in [1.54, 1.807) is 18.2 Å². The van der Waals surface area contributed by atoms with Gasteiger partial charge in [0.1, 0.15) is 18.1 Å². The van der Waals surface area contributed by atoms with E-state index < -0.39 is 5.97 Å². The molecule has 0 aliphatic rings. The van der Waals surface area contributed by atoms with Gasteiger partial charge in [-0.3, -0.25) is 4.79 Å². The minimum atomic E-state index is -0.506. The third-order valence-corrected chi connectivity index (χ3v) is 3.76. The van der Waals surface area contributed by atoms with Crippen molar-refractivity contribution in [3.63, 3.8) is 0 Å². The fraction of sp³-hybridized carbons (Fsp3) is 0.333. The van der Waals surface area contributed by atoms with Crippen LogP contribution in [0.5, 0.6) is 11.5 Å². The quantitative estimate of drug-likeness (QED) is 0.542. The predicted molar refractivity (Wildman–Crippen MR) is 102 cm³/mol. The van der Waals surface area contributed by atoms with Gasteiger partial charge in [0, 0.05) is 0 Å². The summed E-state index contributed by atoms with van der Waals surface area (Å²) in [6, 6.07) is 12.7. The molecule has 6 nitrogen and oxygen atoms in total. The van der Waals surface area contributed by atoms with Crippen molar-refractivity contribution in [3.8, 4) is 11.5 Å². The number of carbonyl (C=O) groups excluding carboxylic acids is 2. The summed E-state index contributed by atoms with van der Waals surface area (Å²) in [5, 5.41) is 2.65. The van der Waals surface area contributed by atoms with Crippen LogP contribution in [0.2, 0.25) is 0 Å². The van der Waals surface area contributed by atoms with E-state index in [2.05, 4.69) is 5.32 Å². The molecule has 0 heterocycles. The first-order valence-corrected chi connectivity index (χ1v) is 8.86. The molecule has 0 spiro atoms. The topological polar surface area (TPSA) is 73.9 Å². The fourth-order valence-corrected chi connectivity index (χ4v) is 2.46. The summed E-state index contributed by atoms with van der Waals surface area (Å²) in [5.74, 6) is 0.592. The maximum atomic E-state index is 12.0. The minimum absolute atomic E-state index is 0.310. The summed E-state index contributed by atoms with van der Waals surface area (Å²) in [7, 11) is 0. The molecule has 144 valence electrons. The Morgan fingerprint density at radius 3 is 2.26 bits per heavy atom. The van der Waals surface area contributed by atoms with Crippen LogP contribution in [0.15, 0.2) is 42.5 Å². The molecule has 0 fully saturated rings. The van der Waals surface area contributed by atoms with Crippen LogP contribution < -0.4 is 14.8 Å². The van der Waals surface area contributed by atoms with Crippen LogP contribution in [0.3, 0.4) is 0 Å². The number of amides is 1. The minimum Gasteiger partial charge on any atom is -0.494 e. The first-order valence-electron chi connectivity index (χ1n) is 8.86. The van der Waals surface area contributed by atoms with Crippen molar-refractivity contribution in [1.82, 2.24) is 5.32 Å². The fourth-order valence-electron chi connectivity index (χ4n) is 2.46. The van der Waals surface area contributed by atoms with E-state index in [1.807, 2.05) is 45.0 Å². The van der Waals surface area contributed by atoms with E-state index in [0.717, 1.165) is 16.9 Å². The molecule has 0 atom stereocenters. The molecule has 2 rings (SSSR count). The van der Waals surface area contributed by atoms with E-state index in [1.165, 1.54) is 0 Å². The maximum absolute atomic E-state index is 12.0. The molecular formula is C21H25NO5. The van der Waals surface area contributed by atoms with Crippen molar-refractivity contribution in [3.05, 3.63) is 59.2 Å². The highest BCUT2D eigenvalue weighted by atomic mass is 16.5. The van der Waals surface area contributed by atoms with Gasteiger partial charge in [-0.2, -0.15) is 0 Å². The van der Waals surface area contributed by atoms with E-state index in [9.17, 15) is 9.59 Å². The summed E-state index contributed by atoms with van der Waals surface area (Å²) in [5.41, 5.74) is 2.35. The molecule has 0 aliphatic carbocycles. The summed E-state index contributed by atoms with van der Waals surface area (Å²) >= 11 is 0. The molecule has 1 amide bonds. The number of ether oxygens (including phenoxy) is 3. The molecular weight excluding hydrogens is 346 g/mol. The van der Waals surface area contributed by atoms with Crippen LogP contribution in [0.25, 0.3) is 0 Å². The Labute approximate surface area is 159 Å². The molecule has 27 heavy (non-hydrogen) atoms. The highest BCUT2D eigenvalue weighted by Gasteiger charge is 2.12. The summed E-state index contributed by atoms with van der Waals surface area (Å²) in [4.78, 5) is 23.8. The van der Waals surface area contributed by atoms with Gasteiger partial charge in [0.25, 0.3) is 5.91 Å². The predicted octanol–water partition coefficient (Wildman–Crippen LogP) is 3.05. The lowest BCUT2D eigenvalue weighted by atomic mass is 10.1. The van der Waals surface area contributed by atoms with Crippen LogP contribution >= 0.6 is 0 Å². The zero-order chi connectivity index (χ0) is 19.6. The second-order valence-corrected chi connectivity index (χ2v) is 6.00. The molecule has 6 heteroatoms. The van der Waals surface area contributed by atoms with Crippen LogP contribution in [0.1, 0.15) is 28.4 Å². The molecule has 0 bridgehead atoms. The average molecular weight is 371 g/mol. The smallest absolute Gasteiger partial charge is 0.338 e. The molecule has 0 saturated carbocycles. The van der Waals surface area contributed by atoms with Gasteiger partial charge in [-0.1, -0.05) is 17.7 Å². The monoisotopic (exact) mass is 371 g/mol. The van der Waals surface area contributed by atoms with Crippen molar-refractivity contribution in [2.24, 2.45) is 0 Å². The Bertz CT molecular complexity index is 771. The SMILES string of the molecule is CCOc1ccc(OCCNC(=O)COC(=O)c2ccc(C)cc2C)cc1. The number of hydrogen-bond donors (Lipinski definition) is 1. The number of carbonyl (C=O) groups is 2. The van der Waals surface area contributed by atoms with Crippen LogP contribution in [0, 0.1) is 13.8 Å². The Morgan fingerprint density at radius 2 is 1.63 bits per heavy atom. The van der Waals surface area contributed by atoms with Crippen LogP contribution in [-0.4, -0.2) is 38.2 Å². The summed E-state index contributed by atoms with van der Waals surface area (Å²) in [6.07, 6.45) is 0. The molecule has 0 saturated heterocycles. The van der Waals surface area contributed by atoms with Gasteiger partial charge in [-0.05, 0) is 56.7 Å². The highest BCUT2D eigenvalue weighted by Crippen LogP contribution is 2.17. The molecule has 2 aromatic rings. The Balaban J connectivity index is 1.66. The third-order valence-electron chi connectivity index (χ3n) is 3.76. The molecule has 2 aromatic carbocycles. The van der Waals surface area contributed by atoms with Crippen molar-refractivity contribution in [1.29, 1.82) is 0 Å². The van der Waals surface area contributed by atoms with Gasteiger partial charge in [-0.15, -0.1) is 0 Å². The van der Waals surface area contributed by atoms with E-state index in [4.69, 9.17) is 14.2 Å². The summed E-state index contributed by atoms with van der Waals surface area (Å²) in [6.45, 7) is 6.62. The lowest BCUT2D eigenvalue weighted by molar-refractivity contribution is -0.124. The van der Waals surface area contributed by atoms with Crippen molar-refractivity contribution in [2.75, 3.05) is 26.4 Å². The number of hydrogen-bond acceptors (Lipinski definition) is 5. The van der Waals surface area contributed by atoms with Gasteiger partial charge in [0.15, 0.2) is 6.61 Å². The van der Waals surface area contributed by atoms with Crippen molar-refractivity contribution in [2.45, 2.75) is 20.8 Å². The number of aryl methyl sites for hydroxylation is 2. The first-order chi connectivity index (χ1) is 13.0. The average Bonchev–Trinajstić information content (AvgIpc) is 2.65. The third kappa shape index (κ3) is 6.66. The maximum Gasteiger partial charge on any atom is 0.338 e. The van der Waals surface area contributed by atoms with Crippen molar-refractivity contribution < 1.29 is 23.8 Å². The number of nitrogens with one attached hydrogen (secondary N) is 1. The highest BCUT2D eigenvalue weighted by molar-refractivity contribution is 5.92. The number of benzene rings is 2.